The molecule has 162 valence electrons. The van der Waals surface area contributed by atoms with Gasteiger partial charge in [0.1, 0.15) is 5.82 Å². The number of allylic oxidation sites excluding steroid dienone is 1. The Kier molecular flexibility index (Phi) is 6.05. The summed E-state index contributed by atoms with van der Waals surface area (Å²) in [6.07, 6.45) is 3.32. The maximum absolute atomic E-state index is 14.6. The highest BCUT2D eigenvalue weighted by molar-refractivity contribution is 5.88. The minimum absolute atomic E-state index is 0.0262. The monoisotopic (exact) mass is 426 g/mol. The zero-order valence-corrected chi connectivity index (χ0v) is 17.7. The molecule has 2 aromatic carbocycles. The molecule has 0 saturated carbocycles. The van der Waals surface area contributed by atoms with Crippen LogP contribution in [0.2, 0.25) is 0 Å². The molecule has 1 aliphatic rings. The van der Waals surface area contributed by atoms with Gasteiger partial charge in [-0.15, -0.1) is 0 Å². The fraction of sp³-hybridized carbons (Fsp3) is 0.273. The molecule has 0 spiro atoms. The lowest BCUT2D eigenvalue weighted by molar-refractivity contribution is -0.385. The second kappa shape index (κ2) is 8.55. The Bertz CT molecular complexity index is 1090. The molecule has 31 heavy (non-hydrogen) atoms. The standard InChI is InChI=1S/C22H23FN4O4/c1-14-11-22(2,3)26(4)19-10-17(23)15(9-16(14)19)12-24-25-21(28)13-31-20-8-6-5-7-18(20)27(29)30/h5-12H,13H2,1-4H3,(H,25,28)/b24-12+. The molecule has 3 rings (SSSR count). The van der Waals surface area contributed by atoms with Crippen LogP contribution in [-0.2, 0) is 4.79 Å². The lowest BCUT2D eigenvalue weighted by atomic mass is 9.88. The maximum Gasteiger partial charge on any atom is 0.310 e. The number of hydrazone groups is 1. The van der Waals surface area contributed by atoms with E-state index in [1.807, 2.05) is 32.7 Å². The number of para-hydroxylation sites is 2. The predicted octanol–water partition coefficient (Wildman–Crippen LogP) is 3.89. The highest BCUT2D eigenvalue weighted by atomic mass is 19.1. The summed E-state index contributed by atoms with van der Waals surface area (Å²) in [5.74, 6) is -1.13. The SMILES string of the molecule is CC1=CC(C)(C)N(C)c2cc(F)c(/C=N/NC(=O)COc3ccccc3[N+](=O)[O-])cc21. The van der Waals surface area contributed by atoms with Gasteiger partial charge in [0.15, 0.2) is 12.4 Å². The summed E-state index contributed by atoms with van der Waals surface area (Å²) in [4.78, 5) is 24.3. The summed E-state index contributed by atoms with van der Waals surface area (Å²) >= 11 is 0. The van der Waals surface area contributed by atoms with Crippen molar-refractivity contribution in [1.29, 1.82) is 0 Å². The number of nitro benzene ring substituents is 1. The zero-order chi connectivity index (χ0) is 22.8. The topological polar surface area (TPSA) is 97.1 Å². The van der Waals surface area contributed by atoms with E-state index >= 15 is 0 Å². The molecular formula is C22H23FN4O4. The van der Waals surface area contributed by atoms with Crippen molar-refractivity contribution in [1.82, 2.24) is 5.43 Å². The van der Waals surface area contributed by atoms with Crippen molar-refractivity contribution in [2.24, 2.45) is 5.10 Å². The van der Waals surface area contributed by atoms with Gasteiger partial charge in [-0.1, -0.05) is 18.2 Å². The molecule has 0 unspecified atom stereocenters. The van der Waals surface area contributed by atoms with Crippen molar-refractivity contribution in [3.05, 3.63) is 69.5 Å². The molecular weight excluding hydrogens is 403 g/mol. The fourth-order valence-corrected chi connectivity index (χ4v) is 3.37. The van der Waals surface area contributed by atoms with Gasteiger partial charge in [-0.05, 0) is 44.5 Å². The van der Waals surface area contributed by atoms with Crippen molar-refractivity contribution in [2.45, 2.75) is 26.3 Å². The van der Waals surface area contributed by atoms with Crippen LogP contribution >= 0.6 is 0 Å². The highest BCUT2D eigenvalue weighted by Crippen LogP contribution is 2.38. The van der Waals surface area contributed by atoms with Gasteiger partial charge >= 0.3 is 5.69 Å². The highest BCUT2D eigenvalue weighted by Gasteiger charge is 2.29. The first-order valence-corrected chi connectivity index (χ1v) is 9.55. The Morgan fingerprint density at radius 1 is 1.35 bits per heavy atom. The van der Waals surface area contributed by atoms with Gasteiger partial charge < -0.3 is 9.64 Å². The zero-order valence-electron chi connectivity index (χ0n) is 17.7. The third-order valence-electron chi connectivity index (χ3n) is 5.15. The van der Waals surface area contributed by atoms with E-state index in [9.17, 15) is 19.3 Å². The Morgan fingerprint density at radius 3 is 2.77 bits per heavy atom. The fourth-order valence-electron chi connectivity index (χ4n) is 3.37. The number of hydrogen-bond donors (Lipinski definition) is 1. The third-order valence-corrected chi connectivity index (χ3v) is 5.15. The maximum atomic E-state index is 14.6. The van der Waals surface area contributed by atoms with Crippen molar-refractivity contribution in [2.75, 3.05) is 18.6 Å². The van der Waals surface area contributed by atoms with Gasteiger partial charge in [0.25, 0.3) is 5.91 Å². The van der Waals surface area contributed by atoms with E-state index in [4.69, 9.17) is 4.74 Å². The van der Waals surface area contributed by atoms with Gasteiger partial charge in [-0.2, -0.15) is 5.10 Å². The van der Waals surface area contributed by atoms with Crippen LogP contribution in [-0.4, -0.2) is 36.2 Å². The molecule has 1 aliphatic heterocycles. The van der Waals surface area contributed by atoms with Crippen molar-refractivity contribution in [3.8, 4) is 5.75 Å². The normalized spacial score (nSPS) is 14.7. The smallest absolute Gasteiger partial charge is 0.310 e. The van der Waals surface area contributed by atoms with Crippen LogP contribution in [0.1, 0.15) is 31.9 Å². The third kappa shape index (κ3) is 4.71. The number of anilines is 1. The molecule has 1 heterocycles. The number of amides is 1. The quantitative estimate of drug-likeness (QED) is 0.429. The van der Waals surface area contributed by atoms with Crippen LogP contribution in [0, 0.1) is 15.9 Å². The molecule has 0 aromatic heterocycles. The Balaban J connectivity index is 1.67. The minimum Gasteiger partial charge on any atom is -0.477 e. The number of carbonyl (C=O) groups is 1. The molecule has 0 aliphatic carbocycles. The average molecular weight is 426 g/mol. The van der Waals surface area contributed by atoms with E-state index in [2.05, 4.69) is 16.6 Å². The van der Waals surface area contributed by atoms with Crippen LogP contribution in [0.3, 0.4) is 0 Å². The second-order valence-corrected chi connectivity index (χ2v) is 7.74. The number of hydrogen-bond acceptors (Lipinski definition) is 6. The van der Waals surface area contributed by atoms with Crippen LogP contribution in [0.25, 0.3) is 5.57 Å². The number of nitrogens with one attached hydrogen (secondary N) is 1. The summed E-state index contributed by atoms with van der Waals surface area (Å²) < 4.78 is 19.8. The molecule has 8 nitrogen and oxygen atoms in total. The van der Waals surface area contributed by atoms with E-state index in [-0.39, 0.29) is 22.5 Å². The van der Waals surface area contributed by atoms with E-state index in [0.29, 0.717) is 0 Å². The van der Waals surface area contributed by atoms with Crippen LogP contribution in [0.4, 0.5) is 15.8 Å². The number of likely N-dealkylation sites (N-methyl/N-ethyl adjacent to an activating group) is 1. The van der Waals surface area contributed by atoms with Gasteiger partial charge in [0.2, 0.25) is 0 Å². The number of nitrogens with zero attached hydrogens (tertiary/aromatic N) is 3. The summed E-state index contributed by atoms with van der Waals surface area (Å²) in [6.45, 7) is 5.59. The number of rotatable bonds is 6. The van der Waals surface area contributed by atoms with Crippen LogP contribution < -0.4 is 15.1 Å². The van der Waals surface area contributed by atoms with E-state index in [1.165, 1.54) is 30.5 Å². The van der Waals surface area contributed by atoms with Crippen molar-refractivity contribution in [3.63, 3.8) is 0 Å². The molecule has 1 N–H and O–H groups in total. The van der Waals surface area contributed by atoms with Gasteiger partial charge in [-0.3, -0.25) is 14.9 Å². The molecule has 0 fully saturated rings. The summed E-state index contributed by atoms with van der Waals surface area (Å²) in [6, 6.07) is 8.87. The number of halogens is 1. The average Bonchev–Trinajstić information content (AvgIpc) is 2.71. The first-order valence-electron chi connectivity index (χ1n) is 9.55. The summed E-state index contributed by atoms with van der Waals surface area (Å²) in [5, 5.41) is 14.7. The number of benzene rings is 2. The van der Waals surface area contributed by atoms with Crippen LogP contribution in [0.15, 0.2) is 47.6 Å². The molecule has 1 amide bonds. The van der Waals surface area contributed by atoms with E-state index in [1.54, 1.807) is 12.1 Å². The lowest BCUT2D eigenvalue weighted by Crippen LogP contribution is -2.42. The molecule has 0 bridgehead atoms. The first kappa shape index (κ1) is 21.9. The van der Waals surface area contributed by atoms with Crippen molar-refractivity contribution < 1.29 is 18.8 Å². The molecule has 9 heteroatoms. The summed E-state index contributed by atoms with van der Waals surface area (Å²) in [7, 11) is 1.91. The predicted molar refractivity (Wildman–Crippen MR) is 117 cm³/mol. The molecule has 0 saturated heterocycles. The summed E-state index contributed by atoms with van der Waals surface area (Å²) in [5.41, 5.74) is 4.66. The number of fused-ring (bicyclic) bond motifs is 1. The number of ether oxygens (including phenoxy) is 1. The Hall–Kier alpha value is -3.75. The second-order valence-electron chi connectivity index (χ2n) is 7.74. The van der Waals surface area contributed by atoms with Gasteiger partial charge in [0, 0.05) is 29.9 Å². The largest absolute Gasteiger partial charge is 0.477 e. The van der Waals surface area contributed by atoms with Crippen molar-refractivity contribution >= 4 is 29.1 Å². The molecule has 0 atom stereocenters. The van der Waals surface area contributed by atoms with Crippen LogP contribution in [0.5, 0.6) is 5.75 Å². The Morgan fingerprint density at radius 2 is 2.06 bits per heavy atom. The lowest BCUT2D eigenvalue weighted by Gasteiger charge is -2.40. The minimum atomic E-state index is -0.634. The molecule has 2 aromatic rings. The van der Waals surface area contributed by atoms with Gasteiger partial charge in [-0.25, -0.2) is 9.82 Å². The van der Waals surface area contributed by atoms with Gasteiger partial charge in [0.05, 0.1) is 16.7 Å². The number of carbonyl (C=O) groups excluding carboxylic acids is 1. The van der Waals surface area contributed by atoms with E-state index < -0.39 is 23.3 Å². The Labute approximate surface area is 179 Å². The number of nitro groups is 1. The van der Waals surface area contributed by atoms with E-state index in [0.717, 1.165) is 16.8 Å². The molecule has 0 radical (unpaired) electrons. The first-order chi connectivity index (χ1) is 14.6.